The predicted octanol–water partition coefficient (Wildman–Crippen LogP) is 5.46. The van der Waals surface area contributed by atoms with Crippen molar-refractivity contribution in [2.24, 2.45) is 0 Å². The van der Waals surface area contributed by atoms with Gasteiger partial charge in [0.2, 0.25) is 0 Å². The number of benzene rings is 1. The summed E-state index contributed by atoms with van der Waals surface area (Å²) in [6, 6.07) is 10.6. The molecule has 3 aromatic rings. The molecule has 0 unspecified atom stereocenters. The highest BCUT2D eigenvalue weighted by Gasteiger charge is 2.15. The fraction of sp³-hybridized carbons (Fsp3) is 0.211. The van der Waals surface area contributed by atoms with Crippen molar-refractivity contribution in [3.05, 3.63) is 66.6 Å². The number of allylic oxidation sites excluding steroid dienone is 2. The van der Waals surface area contributed by atoms with Crippen LogP contribution in [0, 0.1) is 0 Å². The normalized spacial score (nSPS) is 10.9. The van der Waals surface area contributed by atoms with Gasteiger partial charge in [0, 0.05) is 6.54 Å². The molecule has 0 atom stereocenters. The lowest BCUT2D eigenvalue weighted by molar-refractivity contribution is 0.739. The molecule has 2 aromatic heterocycles. The van der Waals surface area contributed by atoms with Gasteiger partial charge in [-0.1, -0.05) is 24.3 Å². The van der Waals surface area contributed by atoms with Gasteiger partial charge in [-0.3, -0.25) is 0 Å². The molecule has 0 fully saturated rings. The zero-order valence-electron chi connectivity index (χ0n) is 12.7. The fourth-order valence-corrected chi connectivity index (χ4v) is 3.63. The number of aryl methyl sites for hydroxylation is 2. The molecular formula is C19H20N2S. The van der Waals surface area contributed by atoms with Gasteiger partial charge >= 0.3 is 0 Å². The lowest BCUT2D eigenvalue weighted by Crippen LogP contribution is -2.00. The summed E-state index contributed by atoms with van der Waals surface area (Å²) in [4.78, 5) is 6.17. The lowest BCUT2D eigenvalue weighted by atomic mass is 10.1. The van der Waals surface area contributed by atoms with Crippen LogP contribution in [0.2, 0.25) is 0 Å². The molecule has 22 heavy (non-hydrogen) atoms. The quantitative estimate of drug-likeness (QED) is 0.530. The van der Waals surface area contributed by atoms with E-state index in [-0.39, 0.29) is 0 Å². The Balaban J connectivity index is 2.11. The molecule has 0 aliphatic carbocycles. The first kappa shape index (κ1) is 14.8. The van der Waals surface area contributed by atoms with E-state index in [1.807, 2.05) is 18.2 Å². The summed E-state index contributed by atoms with van der Waals surface area (Å²) in [5, 5.41) is 2.16. The van der Waals surface area contributed by atoms with E-state index in [9.17, 15) is 0 Å². The standard InChI is InChI=1S/C19H20N2S/c1-3-5-9-15-12-14-22-18(15)19-20-16-10-7-8-11-17(16)21(19)13-6-4-2/h3-4,7-8,10-12,14H,1-2,5-6,9,13H2. The number of nitrogens with zero attached hydrogens (tertiary/aromatic N) is 2. The summed E-state index contributed by atoms with van der Waals surface area (Å²) in [5.41, 5.74) is 3.62. The molecule has 2 nitrogen and oxygen atoms in total. The Labute approximate surface area is 135 Å². The molecule has 0 radical (unpaired) electrons. The van der Waals surface area contributed by atoms with Crippen molar-refractivity contribution in [1.29, 1.82) is 0 Å². The molecule has 0 amide bonds. The number of aromatic nitrogens is 2. The van der Waals surface area contributed by atoms with Crippen LogP contribution in [0.15, 0.2) is 61.0 Å². The number of fused-ring (bicyclic) bond motifs is 1. The Morgan fingerprint density at radius 1 is 1.09 bits per heavy atom. The molecule has 0 aliphatic rings. The van der Waals surface area contributed by atoms with Crippen LogP contribution < -0.4 is 0 Å². The largest absolute Gasteiger partial charge is 0.323 e. The van der Waals surface area contributed by atoms with Crippen LogP contribution >= 0.6 is 11.3 Å². The van der Waals surface area contributed by atoms with Crippen LogP contribution in [0.3, 0.4) is 0 Å². The zero-order valence-corrected chi connectivity index (χ0v) is 13.5. The van der Waals surface area contributed by atoms with Gasteiger partial charge in [0.25, 0.3) is 0 Å². The van der Waals surface area contributed by atoms with E-state index >= 15 is 0 Å². The minimum Gasteiger partial charge on any atom is -0.323 e. The van der Waals surface area contributed by atoms with Gasteiger partial charge in [0.1, 0.15) is 0 Å². The Kier molecular flexibility index (Phi) is 4.54. The molecule has 0 N–H and O–H groups in total. The van der Waals surface area contributed by atoms with E-state index in [0.717, 1.165) is 37.1 Å². The first-order valence-electron chi connectivity index (χ1n) is 7.59. The highest BCUT2D eigenvalue weighted by Crippen LogP contribution is 2.32. The third-order valence-corrected chi connectivity index (χ3v) is 4.73. The molecule has 3 rings (SSSR count). The predicted molar refractivity (Wildman–Crippen MR) is 96.4 cm³/mol. The SMILES string of the molecule is C=CCCc1ccsc1-c1nc2ccccc2n1CCC=C. The number of thiophene rings is 1. The molecule has 0 saturated carbocycles. The second-order valence-corrected chi connectivity index (χ2v) is 6.17. The monoisotopic (exact) mass is 308 g/mol. The van der Waals surface area contributed by atoms with Crippen LogP contribution in [0.25, 0.3) is 21.7 Å². The zero-order chi connectivity index (χ0) is 15.4. The number of rotatable bonds is 7. The Morgan fingerprint density at radius 2 is 1.91 bits per heavy atom. The smallest absolute Gasteiger partial charge is 0.151 e. The van der Waals surface area contributed by atoms with Crippen molar-refractivity contribution >= 4 is 22.4 Å². The highest BCUT2D eigenvalue weighted by molar-refractivity contribution is 7.13. The average molecular weight is 308 g/mol. The molecule has 0 spiro atoms. The molecule has 3 heteroatoms. The van der Waals surface area contributed by atoms with Crippen molar-refractivity contribution in [2.75, 3.05) is 0 Å². The maximum Gasteiger partial charge on any atom is 0.151 e. The van der Waals surface area contributed by atoms with E-state index in [4.69, 9.17) is 4.98 Å². The molecule has 2 heterocycles. The number of imidazole rings is 1. The summed E-state index contributed by atoms with van der Waals surface area (Å²) in [6.45, 7) is 8.59. The van der Waals surface area contributed by atoms with Gasteiger partial charge in [-0.15, -0.1) is 24.5 Å². The average Bonchev–Trinajstić information content (AvgIpc) is 3.14. The summed E-state index contributed by atoms with van der Waals surface area (Å²) in [6.07, 6.45) is 6.90. The fourth-order valence-electron chi connectivity index (χ4n) is 2.68. The van der Waals surface area contributed by atoms with Gasteiger partial charge in [-0.2, -0.15) is 0 Å². The summed E-state index contributed by atoms with van der Waals surface area (Å²) < 4.78 is 2.32. The number of hydrogen-bond acceptors (Lipinski definition) is 2. The molecule has 0 bridgehead atoms. The van der Waals surface area contributed by atoms with E-state index < -0.39 is 0 Å². The Hall–Kier alpha value is -2.13. The van der Waals surface area contributed by atoms with Crippen LogP contribution in [-0.2, 0) is 13.0 Å². The topological polar surface area (TPSA) is 17.8 Å². The Morgan fingerprint density at radius 3 is 2.73 bits per heavy atom. The van der Waals surface area contributed by atoms with E-state index in [2.05, 4.69) is 47.4 Å². The second-order valence-electron chi connectivity index (χ2n) is 5.26. The highest BCUT2D eigenvalue weighted by atomic mass is 32.1. The van der Waals surface area contributed by atoms with Crippen molar-refractivity contribution in [2.45, 2.75) is 25.8 Å². The van der Waals surface area contributed by atoms with Crippen molar-refractivity contribution in [3.63, 3.8) is 0 Å². The molecule has 1 aromatic carbocycles. The second kappa shape index (κ2) is 6.75. The van der Waals surface area contributed by atoms with Gasteiger partial charge in [-0.05, 0) is 48.4 Å². The molecule has 0 aliphatic heterocycles. The minimum atomic E-state index is 0.915. The minimum absolute atomic E-state index is 0.915. The number of para-hydroxylation sites is 2. The van der Waals surface area contributed by atoms with Gasteiger partial charge in [0.15, 0.2) is 5.82 Å². The Bertz CT molecular complexity index is 795. The van der Waals surface area contributed by atoms with E-state index in [1.54, 1.807) is 11.3 Å². The summed E-state index contributed by atoms with van der Waals surface area (Å²) in [5.74, 6) is 1.08. The first-order chi connectivity index (χ1) is 10.8. The number of hydrogen-bond donors (Lipinski definition) is 0. The first-order valence-corrected chi connectivity index (χ1v) is 8.47. The molecule has 112 valence electrons. The maximum atomic E-state index is 4.89. The van der Waals surface area contributed by atoms with E-state index in [0.29, 0.717) is 0 Å². The summed E-state index contributed by atoms with van der Waals surface area (Å²) >= 11 is 1.77. The van der Waals surface area contributed by atoms with Crippen molar-refractivity contribution < 1.29 is 0 Å². The van der Waals surface area contributed by atoms with Crippen molar-refractivity contribution in [1.82, 2.24) is 9.55 Å². The third-order valence-electron chi connectivity index (χ3n) is 3.78. The van der Waals surface area contributed by atoms with Gasteiger partial charge in [-0.25, -0.2) is 4.98 Å². The van der Waals surface area contributed by atoms with Crippen molar-refractivity contribution in [3.8, 4) is 10.7 Å². The van der Waals surface area contributed by atoms with Gasteiger partial charge in [0.05, 0.1) is 15.9 Å². The summed E-state index contributed by atoms with van der Waals surface area (Å²) in [7, 11) is 0. The lowest BCUT2D eigenvalue weighted by Gasteiger charge is -2.08. The van der Waals surface area contributed by atoms with Crippen LogP contribution in [0.4, 0.5) is 0 Å². The van der Waals surface area contributed by atoms with E-state index in [1.165, 1.54) is 16.0 Å². The van der Waals surface area contributed by atoms with Crippen LogP contribution in [0.5, 0.6) is 0 Å². The van der Waals surface area contributed by atoms with Gasteiger partial charge < -0.3 is 4.57 Å². The third kappa shape index (κ3) is 2.77. The van der Waals surface area contributed by atoms with Crippen LogP contribution in [-0.4, -0.2) is 9.55 Å². The maximum absolute atomic E-state index is 4.89. The van der Waals surface area contributed by atoms with Crippen LogP contribution in [0.1, 0.15) is 18.4 Å². The molecule has 0 saturated heterocycles. The molecular weight excluding hydrogens is 288 g/mol.